The van der Waals surface area contributed by atoms with Crippen LogP contribution in [0.15, 0.2) is 72.8 Å². The lowest BCUT2D eigenvalue weighted by atomic mass is 9.90. The third-order valence-corrected chi connectivity index (χ3v) is 4.65. The summed E-state index contributed by atoms with van der Waals surface area (Å²) in [6.45, 7) is 1.67. The van der Waals surface area contributed by atoms with Crippen LogP contribution in [0.4, 0.5) is 0 Å². The van der Waals surface area contributed by atoms with E-state index in [0.29, 0.717) is 0 Å². The predicted molar refractivity (Wildman–Crippen MR) is 101 cm³/mol. The van der Waals surface area contributed by atoms with Gasteiger partial charge in [-0.3, -0.25) is 14.9 Å². The standard InChI is InChI=1S/C21H23N3O2/c1-14(20(22)25)23-19-17(15-8-4-2-5-9-15)12-13-18(24-21(19)26)16-10-6-3-7-11-16/h2-14,17-19,23H,1H3,(H2,22,25)(H,24,26)/t14-,17+,18-,19-/m0/s1. The minimum absolute atomic E-state index is 0.161. The molecule has 0 unspecified atom stereocenters. The number of amides is 2. The highest BCUT2D eigenvalue weighted by Crippen LogP contribution is 2.27. The maximum atomic E-state index is 13.0. The Hall–Kier alpha value is -2.92. The number of benzene rings is 2. The molecular formula is C21H23N3O2. The minimum Gasteiger partial charge on any atom is -0.368 e. The molecule has 4 atom stereocenters. The Bertz CT molecular complexity index is 789. The smallest absolute Gasteiger partial charge is 0.238 e. The minimum atomic E-state index is -0.612. The molecule has 0 saturated heterocycles. The van der Waals surface area contributed by atoms with Gasteiger partial charge in [0.2, 0.25) is 11.8 Å². The first kappa shape index (κ1) is 17.9. The third-order valence-electron chi connectivity index (χ3n) is 4.65. The molecule has 2 aromatic rings. The normalized spacial score (nSPS) is 23.7. The predicted octanol–water partition coefficient (Wildman–Crippen LogP) is 2.03. The van der Waals surface area contributed by atoms with Gasteiger partial charge in [0.25, 0.3) is 0 Å². The van der Waals surface area contributed by atoms with Crippen molar-refractivity contribution in [1.29, 1.82) is 0 Å². The lowest BCUT2D eigenvalue weighted by Crippen LogP contribution is -2.53. The van der Waals surface area contributed by atoms with Gasteiger partial charge in [-0.1, -0.05) is 72.8 Å². The number of carbonyl (C=O) groups is 2. The first-order valence-electron chi connectivity index (χ1n) is 8.70. The van der Waals surface area contributed by atoms with E-state index in [1.807, 2.05) is 72.8 Å². The first-order chi connectivity index (χ1) is 12.6. The van der Waals surface area contributed by atoms with Gasteiger partial charge in [0.15, 0.2) is 0 Å². The van der Waals surface area contributed by atoms with Gasteiger partial charge < -0.3 is 11.1 Å². The van der Waals surface area contributed by atoms with Crippen LogP contribution in [-0.2, 0) is 9.59 Å². The van der Waals surface area contributed by atoms with Crippen LogP contribution < -0.4 is 16.4 Å². The van der Waals surface area contributed by atoms with Crippen molar-refractivity contribution in [1.82, 2.24) is 10.6 Å². The van der Waals surface area contributed by atoms with E-state index < -0.39 is 18.0 Å². The maximum Gasteiger partial charge on any atom is 0.238 e. The highest BCUT2D eigenvalue weighted by Gasteiger charge is 2.33. The lowest BCUT2D eigenvalue weighted by molar-refractivity contribution is -0.124. The molecule has 5 nitrogen and oxygen atoms in total. The van der Waals surface area contributed by atoms with Gasteiger partial charge in [-0.05, 0) is 18.1 Å². The van der Waals surface area contributed by atoms with Crippen LogP contribution in [0.25, 0.3) is 0 Å². The summed E-state index contributed by atoms with van der Waals surface area (Å²) >= 11 is 0. The summed E-state index contributed by atoms with van der Waals surface area (Å²) in [7, 11) is 0. The van der Waals surface area contributed by atoms with Crippen molar-refractivity contribution in [2.24, 2.45) is 5.73 Å². The molecule has 1 aliphatic rings. The zero-order chi connectivity index (χ0) is 18.5. The molecule has 0 bridgehead atoms. The number of nitrogens with two attached hydrogens (primary N) is 1. The van der Waals surface area contributed by atoms with Gasteiger partial charge in [0, 0.05) is 5.92 Å². The molecule has 0 spiro atoms. The number of nitrogens with one attached hydrogen (secondary N) is 2. The Morgan fingerprint density at radius 1 is 1.00 bits per heavy atom. The molecule has 1 heterocycles. The van der Waals surface area contributed by atoms with Crippen LogP contribution in [0.3, 0.4) is 0 Å². The highest BCUT2D eigenvalue weighted by molar-refractivity contribution is 5.86. The van der Waals surface area contributed by atoms with Crippen LogP contribution in [0.5, 0.6) is 0 Å². The Morgan fingerprint density at radius 2 is 1.58 bits per heavy atom. The van der Waals surface area contributed by atoms with Crippen LogP contribution in [0.1, 0.15) is 30.0 Å². The van der Waals surface area contributed by atoms with E-state index in [2.05, 4.69) is 10.6 Å². The second-order valence-electron chi connectivity index (χ2n) is 6.49. The molecule has 3 rings (SSSR count). The first-order valence-corrected chi connectivity index (χ1v) is 8.70. The monoisotopic (exact) mass is 349 g/mol. The SMILES string of the molecule is C[C@H](N[C@@H]1C(=O)N[C@H](c2ccccc2)C=C[C@@H]1c1ccccc1)C(N)=O. The van der Waals surface area contributed by atoms with Gasteiger partial charge in [-0.25, -0.2) is 0 Å². The molecule has 2 aromatic carbocycles. The summed E-state index contributed by atoms with van der Waals surface area (Å²) < 4.78 is 0. The summed E-state index contributed by atoms with van der Waals surface area (Å²) in [4.78, 5) is 24.5. The van der Waals surface area contributed by atoms with Crippen molar-refractivity contribution in [3.63, 3.8) is 0 Å². The summed E-state index contributed by atoms with van der Waals surface area (Å²) in [5.41, 5.74) is 7.40. The molecule has 5 heteroatoms. The van der Waals surface area contributed by atoms with Crippen molar-refractivity contribution in [3.05, 3.63) is 83.9 Å². The largest absolute Gasteiger partial charge is 0.368 e. The van der Waals surface area contributed by atoms with E-state index in [4.69, 9.17) is 5.73 Å². The molecule has 2 amide bonds. The zero-order valence-corrected chi connectivity index (χ0v) is 14.6. The zero-order valence-electron chi connectivity index (χ0n) is 14.6. The topological polar surface area (TPSA) is 84.2 Å². The molecular weight excluding hydrogens is 326 g/mol. The van der Waals surface area contributed by atoms with Crippen LogP contribution in [0.2, 0.25) is 0 Å². The Kier molecular flexibility index (Phi) is 5.49. The summed E-state index contributed by atoms with van der Waals surface area (Å²) in [5.74, 6) is -0.852. The molecule has 0 fully saturated rings. The van der Waals surface area contributed by atoms with Crippen molar-refractivity contribution in [2.45, 2.75) is 31.0 Å². The molecule has 26 heavy (non-hydrogen) atoms. The maximum absolute atomic E-state index is 13.0. The van der Waals surface area contributed by atoms with Gasteiger partial charge in [0.1, 0.15) is 0 Å². The van der Waals surface area contributed by atoms with Crippen LogP contribution in [0, 0.1) is 0 Å². The average Bonchev–Trinajstić information content (AvgIpc) is 2.82. The summed E-state index contributed by atoms with van der Waals surface area (Å²) in [5, 5.41) is 6.14. The van der Waals surface area contributed by atoms with Gasteiger partial charge >= 0.3 is 0 Å². The Morgan fingerprint density at radius 3 is 2.15 bits per heavy atom. The molecule has 0 aliphatic carbocycles. The number of rotatable bonds is 5. The molecule has 0 saturated carbocycles. The average molecular weight is 349 g/mol. The third kappa shape index (κ3) is 4.00. The van der Waals surface area contributed by atoms with Crippen molar-refractivity contribution >= 4 is 11.8 Å². The van der Waals surface area contributed by atoms with Crippen LogP contribution >= 0.6 is 0 Å². The van der Waals surface area contributed by atoms with E-state index in [-0.39, 0.29) is 17.9 Å². The van der Waals surface area contributed by atoms with E-state index in [0.717, 1.165) is 11.1 Å². The molecule has 4 N–H and O–H groups in total. The van der Waals surface area contributed by atoms with E-state index in [1.54, 1.807) is 6.92 Å². The lowest BCUT2D eigenvalue weighted by Gasteiger charge is -2.26. The molecule has 0 radical (unpaired) electrons. The van der Waals surface area contributed by atoms with Gasteiger partial charge in [-0.2, -0.15) is 0 Å². The molecule has 134 valence electrons. The number of primary amides is 1. The van der Waals surface area contributed by atoms with Gasteiger partial charge in [-0.15, -0.1) is 0 Å². The fraction of sp³-hybridized carbons (Fsp3) is 0.238. The fourth-order valence-electron chi connectivity index (χ4n) is 3.16. The van der Waals surface area contributed by atoms with E-state index in [9.17, 15) is 9.59 Å². The second-order valence-corrected chi connectivity index (χ2v) is 6.49. The van der Waals surface area contributed by atoms with Crippen LogP contribution in [-0.4, -0.2) is 23.9 Å². The Balaban J connectivity index is 1.95. The van der Waals surface area contributed by atoms with Crippen molar-refractivity contribution in [2.75, 3.05) is 0 Å². The van der Waals surface area contributed by atoms with E-state index >= 15 is 0 Å². The summed E-state index contributed by atoms with van der Waals surface area (Å²) in [6, 6.07) is 18.1. The second kappa shape index (κ2) is 7.97. The quantitative estimate of drug-likeness (QED) is 0.722. The van der Waals surface area contributed by atoms with E-state index in [1.165, 1.54) is 0 Å². The molecule has 1 aliphatic heterocycles. The number of carbonyl (C=O) groups excluding carboxylic acids is 2. The highest BCUT2D eigenvalue weighted by atomic mass is 16.2. The number of hydrogen-bond acceptors (Lipinski definition) is 3. The summed E-state index contributed by atoms with van der Waals surface area (Å²) in [6.07, 6.45) is 4.03. The van der Waals surface area contributed by atoms with Crippen molar-refractivity contribution in [3.8, 4) is 0 Å². The number of hydrogen-bond donors (Lipinski definition) is 3. The van der Waals surface area contributed by atoms with Gasteiger partial charge in [0.05, 0.1) is 18.1 Å². The fourth-order valence-corrected chi connectivity index (χ4v) is 3.16. The van der Waals surface area contributed by atoms with Crippen molar-refractivity contribution < 1.29 is 9.59 Å². The molecule has 0 aromatic heterocycles. The Labute approximate surface area is 153 Å².